The highest BCUT2D eigenvalue weighted by Crippen LogP contribution is 2.27. The van der Waals surface area contributed by atoms with E-state index in [2.05, 4.69) is 16.0 Å². The maximum atomic E-state index is 13.2. The lowest BCUT2D eigenvalue weighted by Crippen LogP contribution is -2.30. The third kappa shape index (κ3) is 3.96. The molecular weight excluding hydrogens is 431 g/mol. The van der Waals surface area contributed by atoms with E-state index < -0.39 is 15.8 Å². The Kier molecular flexibility index (Phi) is 5.47. The van der Waals surface area contributed by atoms with E-state index in [1.807, 2.05) is 0 Å². The molecule has 0 aliphatic carbocycles. The molecule has 32 heavy (non-hydrogen) atoms. The van der Waals surface area contributed by atoms with Crippen molar-refractivity contribution >= 4 is 27.1 Å². The first kappa shape index (κ1) is 21.2. The Balaban J connectivity index is 1.80. The molecule has 4 aromatic rings. The van der Waals surface area contributed by atoms with Crippen molar-refractivity contribution in [2.75, 3.05) is 17.1 Å². The van der Waals surface area contributed by atoms with Gasteiger partial charge in [0.2, 0.25) is 10.0 Å². The van der Waals surface area contributed by atoms with Crippen LogP contribution in [-0.4, -0.2) is 41.6 Å². The maximum Gasteiger partial charge on any atom is 0.233 e. The summed E-state index contributed by atoms with van der Waals surface area (Å²) in [5, 5.41) is 4.31. The Hall–Kier alpha value is -4.03. The van der Waals surface area contributed by atoms with Crippen LogP contribution in [0.2, 0.25) is 0 Å². The molecule has 0 aliphatic heterocycles. The topological polar surface area (TPSA) is 84.6 Å². The molecule has 0 saturated carbocycles. The number of carbonyl (C=O) groups is 1. The van der Waals surface area contributed by atoms with Gasteiger partial charge in [0.15, 0.2) is 11.4 Å². The monoisotopic (exact) mass is 448 g/mol. The summed E-state index contributed by atoms with van der Waals surface area (Å²) >= 11 is 0. The van der Waals surface area contributed by atoms with E-state index in [4.69, 9.17) is 6.42 Å². The number of nitrogens with zero attached hydrogens (tertiary/aromatic N) is 4. The lowest BCUT2D eigenvalue weighted by Gasteiger charge is -2.20. The molecule has 0 amide bonds. The van der Waals surface area contributed by atoms with Gasteiger partial charge in [-0.1, -0.05) is 18.1 Å². The van der Waals surface area contributed by atoms with Gasteiger partial charge in [0.05, 0.1) is 35.9 Å². The molecule has 4 rings (SSSR count). The van der Waals surface area contributed by atoms with Crippen LogP contribution in [0.4, 0.5) is 10.1 Å². The van der Waals surface area contributed by atoms with Gasteiger partial charge in [-0.15, -0.1) is 6.42 Å². The molecule has 160 valence electrons. The summed E-state index contributed by atoms with van der Waals surface area (Å²) in [6, 6.07) is 13.8. The van der Waals surface area contributed by atoms with Crippen LogP contribution in [0.25, 0.3) is 16.9 Å². The molecule has 9 heteroatoms. The number of carbonyl (C=O) groups excluding carboxylic acids is 1. The number of terminal acetylenes is 1. The highest BCUT2D eigenvalue weighted by Gasteiger charge is 2.20. The van der Waals surface area contributed by atoms with Crippen LogP contribution in [0.1, 0.15) is 15.9 Å². The average molecular weight is 448 g/mol. The summed E-state index contributed by atoms with van der Waals surface area (Å²) in [4.78, 5) is 17.2. The van der Waals surface area contributed by atoms with Gasteiger partial charge in [-0.3, -0.25) is 9.10 Å². The molecule has 0 aliphatic rings. The van der Waals surface area contributed by atoms with Gasteiger partial charge in [-0.2, -0.15) is 5.10 Å². The van der Waals surface area contributed by atoms with E-state index >= 15 is 0 Å². The fraction of sp³-hybridized carbons (Fsp3) is 0.0870. The Labute approximate surface area is 184 Å². The van der Waals surface area contributed by atoms with Crippen LogP contribution in [0.3, 0.4) is 0 Å². The summed E-state index contributed by atoms with van der Waals surface area (Å²) in [5.74, 6) is 1.58. The normalized spacial score (nSPS) is 11.3. The lowest BCUT2D eigenvalue weighted by atomic mass is 10.1. The number of fused-ring (bicyclic) bond motifs is 1. The quantitative estimate of drug-likeness (QED) is 0.334. The maximum absolute atomic E-state index is 13.2. The van der Waals surface area contributed by atoms with Crippen LogP contribution in [-0.2, 0) is 10.0 Å². The van der Waals surface area contributed by atoms with E-state index in [9.17, 15) is 17.6 Å². The van der Waals surface area contributed by atoms with Crippen molar-refractivity contribution in [2.45, 2.75) is 0 Å². The summed E-state index contributed by atoms with van der Waals surface area (Å²) in [5.41, 5.74) is 2.57. The molecule has 0 N–H and O–H groups in total. The molecule has 0 atom stereocenters. The number of anilines is 1. The van der Waals surface area contributed by atoms with Crippen molar-refractivity contribution in [3.63, 3.8) is 0 Å². The van der Waals surface area contributed by atoms with Gasteiger partial charge in [-0.05, 0) is 42.5 Å². The fourth-order valence-electron chi connectivity index (χ4n) is 3.33. The van der Waals surface area contributed by atoms with Gasteiger partial charge in [-0.25, -0.2) is 22.3 Å². The smallest absolute Gasteiger partial charge is 0.233 e. The molecule has 2 heterocycles. The van der Waals surface area contributed by atoms with Gasteiger partial charge in [0.25, 0.3) is 0 Å². The first-order valence-electron chi connectivity index (χ1n) is 9.44. The first-order valence-corrected chi connectivity index (χ1v) is 11.3. The number of hydrogen-bond donors (Lipinski definition) is 0. The minimum atomic E-state index is -3.58. The molecular formula is C23H17FN4O3S. The van der Waals surface area contributed by atoms with Gasteiger partial charge in [0.1, 0.15) is 5.82 Å². The highest BCUT2D eigenvalue weighted by molar-refractivity contribution is 7.92. The molecule has 7 nitrogen and oxygen atoms in total. The predicted molar refractivity (Wildman–Crippen MR) is 119 cm³/mol. The Bertz CT molecular complexity index is 1470. The molecule has 0 fully saturated rings. The number of aromatic nitrogens is 3. The second kappa shape index (κ2) is 8.24. The molecule has 0 saturated heterocycles. The van der Waals surface area contributed by atoms with Crippen molar-refractivity contribution in [1.29, 1.82) is 0 Å². The largest absolute Gasteiger partial charge is 0.288 e. The molecule has 0 unspecified atom stereocenters. The van der Waals surface area contributed by atoms with Crippen LogP contribution >= 0.6 is 0 Å². The molecule has 2 aromatic carbocycles. The molecule has 0 bridgehead atoms. The zero-order valence-electron chi connectivity index (χ0n) is 16.9. The zero-order chi connectivity index (χ0) is 22.9. The zero-order valence-corrected chi connectivity index (χ0v) is 17.8. The van der Waals surface area contributed by atoms with Crippen molar-refractivity contribution in [1.82, 2.24) is 14.6 Å². The second-order valence-electron chi connectivity index (χ2n) is 6.98. The third-order valence-corrected chi connectivity index (χ3v) is 5.96. The number of ketones is 1. The Morgan fingerprint density at radius 1 is 1.19 bits per heavy atom. The van der Waals surface area contributed by atoms with E-state index in [-0.39, 0.29) is 17.9 Å². The van der Waals surface area contributed by atoms with Crippen molar-refractivity contribution in [3.8, 4) is 23.6 Å². The fourth-order valence-corrected chi connectivity index (χ4v) is 4.14. The van der Waals surface area contributed by atoms with E-state index in [1.54, 1.807) is 30.3 Å². The Morgan fingerprint density at radius 2 is 1.94 bits per heavy atom. The number of sulfonamides is 1. The summed E-state index contributed by atoms with van der Waals surface area (Å²) in [7, 11) is -3.58. The van der Waals surface area contributed by atoms with Crippen molar-refractivity contribution < 1.29 is 17.6 Å². The van der Waals surface area contributed by atoms with Crippen LogP contribution in [0, 0.1) is 18.2 Å². The molecule has 0 spiro atoms. The van der Waals surface area contributed by atoms with E-state index in [0.29, 0.717) is 28.2 Å². The third-order valence-electron chi connectivity index (χ3n) is 4.82. The van der Waals surface area contributed by atoms with Crippen LogP contribution in [0.15, 0.2) is 67.0 Å². The minimum absolute atomic E-state index is 0.105. The lowest BCUT2D eigenvalue weighted by molar-refractivity contribution is 0.104. The molecule has 2 aromatic heterocycles. The van der Waals surface area contributed by atoms with Crippen molar-refractivity contribution in [3.05, 3.63) is 83.9 Å². The first-order chi connectivity index (χ1) is 15.3. The summed E-state index contributed by atoms with van der Waals surface area (Å²) in [6.45, 7) is -0.105. The minimum Gasteiger partial charge on any atom is -0.288 e. The van der Waals surface area contributed by atoms with Gasteiger partial charge >= 0.3 is 0 Å². The van der Waals surface area contributed by atoms with Gasteiger partial charge < -0.3 is 0 Å². The predicted octanol–water partition coefficient (Wildman–Crippen LogP) is 3.17. The average Bonchev–Trinajstić information content (AvgIpc) is 3.21. The van der Waals surface area contributed by atoms with E-state index in [1.165, 1.54) is 41.2 Å². The van der Waals surface area contributed by atoms with Crippen molar-refractivity contribution in [2.24, 2.45) is 0 Å². The number of benzene rings is 2. The SMILES string of the molecule is C#CCN(c1cccc(-c2ccnc3c(C(=O)c4ccc(F)cc4)cnn23)c1)S(C)(=O)=O. The highest BCUT2D eigenvalue weighted by atomic mass is 32.2. The standard InChI is InChI=1S/C23H17FN4O3S/c1-3-13-27(32(2,30)31)19-6-4-5-17(14-19)21-11-12-25-23-20(15-26-28(21)23)22(29)16-7-9-18(24)10-8-16/h1,4-12,14-15H,13H2,2H3. The molecule has 0 radical (unpaired) electrons. The summed E-state index contributed by atoms with van der Waals surface area (Å²) < 4.78 is 40.1. The van der Waals surface area contributed by atoms with Gasteiger partial charge in [0, 0.05) is 17.3 Å². The van der Waals surface area contributed by atoms with E-state index in [0.717, 1.165) is 10.6 Å². The number of halogens is 1. The Morgan fingerprint density at radius 3 is 2.62 bits per heavy atom. The number of hydrogen-bond acceptors (Lipinski definition) is 5. The summed E-state index contributed by atoms with van der Waals surface area (Å²) in [6.07, 6.45) is 9.37. The van der Waals surface area contributed by atoms with Crippen LogP contribution in [0.5, 0.6) is 0 Å². The second-order valence-corrected chi connectivity index (χ2v) is 8.89. The number of rotatable bonds is 6. The van der Waals surface area contributed by atoms with Crippen LogP contribution < -0.4 is 4.31 Å².